The molecule has 2 heterocycles. The van der Waals surface area contributed by atoms with Crippen molar-refractivity contribution in [1.82, 2.24) is 9.97 Å². The minimum absolute atomic E-state index is 0.157. The Morgan fingerprint density at radius 2 is 2.24 bits per heavy atom. The summed E-state index contributed by atoms with van der Waals surface area (Å²) in [5.74, 6) is -0.249. The second-order valence-electron chi connectivity index (χ2n) is 4.93. The third kappa shape index (κ3) is 2.81. The van der Waals surface area contributed by atoms with Gasteiger partial charge >= 0.3 is 5.97 Å². The molecular formula is C14H16N4O2S. The van der Waals surface area contributed by atoms with Crippen molar-refractivity contribution in [2.75, 3.05) is 11.4 Å². The van der Waals surface area contributed by atoms with Gasteiger partial charge in [-0.2, -0.15) is 5.26 Å². The van der Waals surface area contributed by atoms with Crippen LogP contribution in [0.2, 0.25) is 0 Å². The Kier molecular flexibility index (Phi) is 4.38. The van der Waals surface area contributed by atoms with Gasteiger partial charge in [0.2, 0.25) is 0 Å². The van der Waals surface area contributed by atoms with Crippen LogP contribution in [0.3, 0.4) is 0 Å². The summed E-state index contributed by atoms with van der Waals surface area (Å²) in [5, 5.41) is 18.8. The number of nitriles is 1. The Bertz CT molecular complexity index is 718. The Morgan fingerprint density at radius 1 is 1.52 bits per heavy atom. The summed E-state index contributed by atoms with van der Waals surface area (Å²) in [6, 6.07) is 2.29. The van der Waals surface area contributed by atoms with Crippen LogP contribution < -0.4 is 4.90 Å². The van der Waals surface area contributed by atoms with E-state index in [4.69, 9.17) is 5.26 Å². The van der Waals surface area contributed by atoms with Crippen molar-refractivity contribution in [1.29, 1.82) is 5.26 Å². The molecule has 2 rings (SSSR count). The van der Waals surface area contributed by atoms with Crippen molar-refractivity contribution in [2.24, 2.45) is 0 Å². The first-order valence-corrected chi connectivity index (χ1v) is 7.40. The fraction of sp³-hybridized carbons (Fsp3) is 0.429. The molecule has 0 amide bonds. The Hall–Kier alpha value is -2.20. The maximum Gasteiger partial charge on any atom is 0.346 e. The van der Waals surface area contributed by atoms with Gasteiger partial charge in [-0.05, 0) is 26.3 Å². The smallest absolute Gasteiger partial charge is 0.346 e. The summed E-state index contributed by atoms with van der Waals surface area (Å²) in [6.07, 6.45) is 1.83. The number of carboxylic acids is 1. The quantitative estimate of drug-likeness (QED) is 0.913. The molecular weight excluding hydrogens is 288 g/mol. The van der Waals surface area contributed by atoms with Crippen molar-refractivity contribution < 1.29 is 9.90 Å². The molecule has 6 nitrogen and oxygen atoms in total. The lowest BCUT2D eigenvalue weighted by molar-refractivity contribution is 0.0701. The number of hydrogen-bond donors (Lipinski definition) is 1. The average Bonchev–Trinajstić information content (AvgIpc) is 2.77. The van der Waals surface area contributed by atoms with Gasteiger partial charge in [-0.3, -0.25) is 0 Å². The fourth-order valence-corrected chi connectivity index (χ4v) is 3.24. The van der Waals surface area contributed by atoms with Gasteiger partial charge in [0.1, 0.15) is 21.9 Å². The highest BCUT2D eigenvalue weighted by Gasteiger charge is 2.22. The van der Waals surface area contributed by atoms with Gasteiger partial charge in [0, 0.05) is 12.6 Å². The van der Waals surface area contributed by atoms with E-state index in [-0.39, 0.29) is 10.9 Å². The van der Waals surface area contributed by atoms with Gasteiger partial charge in [0.25, 0.3) is 0 Å². The van der Waals surface area contributed by atoms with Crippen LogP contribution in [0.5, 0.6) is 0 Å². The number of carbonyl (C=O) groups is 1. The number of hydrogen-bond acceptors (Lipinski definition) is 6. The molecule has 0 aliphatic rings. The summed E-state index contributed by atoms with van der Waals surface area (Å²) in [6.45, 7) is 6.37. The third-order valence-electron chi connectivity index (χ3n) is 3.26. The summed E-state index contributed by atoms with van der Waals surface area (Å²) in [5.41, 5.74) is 0.681. The first-order valence-electron chi connectivity index (χ1n) is 6.58. The van der Waals surface area contributed by atoms with E-state index in [2.05, 4.69) is 16.0 Å². The van der Waals surface area contributed by atoms with Gasteiger partial charge in [-0.15, -0.1) is 11.3 Å². The van der Waals surface area contributed by atoms with Crippen molar-refractivity contribution >= 4 is 33.3 Å². The van der Waals surface area contributed by atoms with E-state index in [1.54, 1.807) is 6.92 Å². The van der Waals surface area contributed by atoms with Crippen molar-refractivity contribution in [2.45, 2.75) is 33.2 Å². The maximum atomic E-state index is 11.3. The second kappa shape index (κ2) is 6.06. The fourth-order valence-electron chi connectivity index (χ4n) is 2.25. The number of nitrogens with zero attached hydrogens (tertiary/aromatic N) is 4. The SMILES string of the molecule is Cc1c(C(=O)O)sc2ncnc(N(CCC#N)C(C)C)c12. The minimum Gasteiger partial charge on any atom is -0.477 e. The topological polar surface area (TPSA) is 90.1 Å². The largest absolute Gasteiger partial charge is 0.477 e. The third-order valence-corrected chi connectivity index (χ3v) is 4.45. The lowest BCUT2D eigenvalue weighted by Gasteiger charge is -2.27. The summed E-state index contributed by atoms with van der Waals surface area (Å²) < 4.78 is 0. The molecule has 0 unspecified atom stereocenters. The van der Waals surface area contributed by atoms with Gasteiger partial charge < -0.3 is 10.0 Å². The molecule has 0 radical (unpaired) electrons. The van der Waals surface area contributed by atoms with Crippen molar-refractivity contribution in [3.63, 3.8) is 0 Å². The highest BCUT2D eigenvalue weighted by atomic mass is 32.1. The second-order valence-corrected chi connectivity index (χ2v) is 5.93. The van der Waals surface area contributed by atoms with Crippen LogP contribution in [0.15, 0.2) is 6.33 Å². The zero-order valence-corrected chi connectivity index (χ0v) is 12.9. The van der Waals surface area contributed by atoms with E-state index in [1.807, 2.05) is 18.7 Å². The Labute approximate surface area is 126 Å². The number of carboxylic acid groups (broad SMARTS) is 1. The predicted molar refractivity (Wildman–Crippen MR) is 81.8 cm³/mol. The van der Waals surface area contributed by atoms with E-state index in [9.17, 15) is 9.90 Å². The maximum absolute atomic E-state index is 11.3. The number of fused-ring (bicyclic) bond motifs is 1. The summed E-state index contributed by atoms with van der Waals surface area (Å²) in [4.78, 5) is 22.8. The van der Waals surface area contributed by atoms with Crippen LogP contribution in [0.1, 0.15) is 35.5 Å². The van der Waals surface area contributed by atoms with E-state index < -0.39 is 5.97 Å². The molecule has 0 saturated carbocycles. The number of rotatable bonds is 5. The first-order chi connectivity index (χ1) is 9.97. The molecule has 21 heavy (non-hydrogen) atoms. The van der Waals surface area contributed by atoms with Gasteiger partial charge in [-0.1, -0.05) is 0 Å². The van der Waals surface area contributed by atoms with Crippen LogP contribution in [0.4, 0.5) is 5.82 Å². The highest BCUT2D eigenvalue weighted by Crippen LogP contribution is 2.35. The molecule has 0 bridgehead atoms. The van der Waals surface area contributed by atoms with Crippen LogP contribution in [-0.2, 0) is 0 Å². The number of aromatic carboxylic acids is 1. The van der Waals surface area contributed by atoms with Crippen LogP contribution >= 0.6 is 11.3 Å². The van der Waals surface area contributed by atoms with Gasteiger partial charge in [0.15, 0.2) is 0 Å². The van der Waals surface area contributed by atoms with Crippen LogP contribution in [-0.4, -0.2) is 33.6 Å². The molecule has 2 aromatic rings. The van der Waals surface area contributed by atoms with E-state index in [0.29, 0.717) is 29.2 Å². The first kappa shape index (κ1) is 15.2. The standard InChI is InChI=1S/C14H16N4O2S/c1-8(2)18(6-4-5-15)12-10-9(3)11(14(19)20)21-13(10)17-7-16-12/h7-8H,4,6H2,1-3H3,(H,19,20). The zero-order valence-electron chi connectivity index (χ0n) is 12.1. The molecule has 1 N–H and O–H groups in total. The molecule has 0 spiro atoms. The van der Waals surface area contributed by atoms with E-state index in [1.165, 1.54) is 6.33 Å². The predicted octanol–water partition coefficient (Wildman–Crippen LogP) is 2.83. The summed E-state index contributed by atoms with van der Waals surface area (Å²) >= 11 is 1.16. The molecule has 0 aliphatic carbocycles. The minimum atomic E-state index is -0.949. The van der Waals surface area contributed by atoms with Crippen molar-refractivity contribution in [3.05, 3.63) is 16.8 Å². The molecule has 0 aliphatic heterocycles. The number of anilines is 1. The molecule has 0 aromatic carbocycles. The zero-order chi connectivity index (χ0) is 15.6. The van der Waals surface area contributed by atoms with Gasteiger partial charge in [0.05, 0.1) is 17.9 Å². The lowest BCUT2D eigenvalue weighted by Crippen LogP contribution is -2.32. The molecule has 0 fully saturated rings. The normalized spacial score (nSPS) is 10.8. The molecule has 0 saturated heterocycles. The molecule has 110 valence electrons. The molecule has 2 aromatic heterocycles. The van der Waals surface area contributed by atoms with E-state index in [0.717, 1.165) is 16.7 Å². The monoisotopic (exact) mass is 304 g/mol. The number of aryl methyl sites for hydroxylation is 1. The lowest BCUT2D eigenvalue weighted by atomic mass is 10.1. The number of aromatic nitrogens is 2. The molecule has 7 heteroatoms. The number of thiophene rings is 1. The average molecular weight is 304 g/mol. The van der Waals surface area contributed by atoms with Crippen molar-refractivity contribution in [3.8, 4) is 6.07 Å². The Balaban J connectivity index is 2.62. The van der Waals surface area contributed by atoms with E-state index >= 15 is 0 Å². The van der Waals surface area contributed by atoms with Gasteiger partial charge in [-0.25, -0.2) is 14.8 Å². The van der Waals surface area contributed by atoms with Crippen LogP contribution in [0.25, 0.3) is 10.2 Å². The summed E-state index contributed by atoms with van der Waals surface area (Å²) in [7, 11) is 0. The highest BCUT2D eigenvalue weighted by molar-refractivity contribution is 7.20. The molecule has 0 atom stereocenters. The van der Waals surface area contributed by atoms with Crippen LogP contribution in [0, 0.1) is 18.3 Å². The Morgan fingerprint density at radius 3 is 2.81 bits per heavy atom.